The van der Waals surface area contributed by atoms with Gasteiger partial charge in [0.25, 0.3) is 10.1 Å². The first-order valence-electron chi connectivity index (χ1n) is 5.90. The molecule has 1 atom stereocenters. The Hall–Kier alpha value is -0.420. The SMILES string of the molecule is CS(=O)(=O)OC1CCCCCCCCC1=O. The van der Waals surface area contributed by atoms with E-state index in [4.69, 9.17) is 4.18 Å². The first-order valence-corrected chi connectivity index (χ1v) is 7.72. The number of carbonyl (C=O) groups is 1. The molecule has 1 rings (SSSR count). The van der Waals surface area contributed by atoms with Crippen LogP contribution in [0, 0.1) is 0 Å². The van der Waals surface area contributed by atoms with Crippen LogP contribution in [0.5, 0.6) is 0 Å². The number of rotatable bonds is 2. The van der Waals surface area contributed by atoms with Gasteiger partial charge in [-0.15, -0.1) is 0 Å². The van der Waals surface area contributed by atoms with Crippen LogP contribution in [0.3, 0.4) is 0 Å². The molecule has 0 saturated heterocycles. The number of carbonyl (C=O) groups excluding carboxylic acids is 1. The molecule has 1 aliphatic rings. The average Bonchev–Trinajstić information content (AvgIpc) is 2.18. The molecule has 94 valence electrons. The molecule has 1 aliphatic carbocycles. The number of ketones is 1. The molecule has 4 nitrogen and oxygen atoms in total. The second kappa shape index (κ2) is 6.35. The van der Waals surface area contributed by atoms with Gasteiger partial charge in [-0.05, 0) is 12.8 Å². The summed E-state index contributed by atoms with van der Waals surface area (Å²) >= 11 is 0. The van der Waals surface area contributed by atoms with E-state index in [9.17, 15) is 13.2 Å². The molecule has 1 unspecified atom stereocenters. The molecule has 5 heteroatoms. The average molecular weight is 248 g/mol. The summed E-state index contributed by atoms with van der Waals surface area (Å²) in [6.07, 6.45) is 7.39. The van der Waals surface area contributed by atoms with Crippen LogP contribution in [0.25, 0.3) is 0 Å². The van der Waals surface area contributed by atoms with Crippen molar-refractivity contribution in [3.05, 3.63) is 0 Å². The third-order valence-electron chi connectivity index (χ3n) is 2.79. The highest BCUT2D eigenvalue weighted by molar-refractivity contribution is 7.86. The Kier molecular flexibility index (Phi) is 5.41. The van der Waals surface area contributed by atoms with Crippen LogP contribution in [-0.2, 0) is 19.1 Å². The van der Waals surface area contributed by atoms with Crippen molar-refractivity contribution in [2.75, 3.05) is 6.26 Å². The second-order valence-corrected chi connectivity index (χ2v) is 6.02. The summed E-state index contributed by atoms with van der Waals surface area (Å²) in [6, 6.07) is 0. The van der Waals surface area contributed by atoms with Gasteiger partial charge in [0.1, 0.15) is 6.10 Å². The lowest BCUT2D eigenvalue weighted by Crippen LogP contribution is -2.27. The maximum atomic E-state index is 11.7. The molecule has 0 aliphatic heterocycles. The topological polar surface area (TPSA) is 60.4 Å². The fourth-order valence-corrected chi connectivity index (χ4v) is 2.60. The number of Topliss-reactive ketones (excluding diaryl/α,β-unsaturated/α-hetero) is 1. The number of hydrogen-bond acceptors (Lipinski definition) is 4. The first-order chi connectivity index (χ1) is 7.49. The minimum atomic E-state index is -3.53. The molecule has 0 aromatic heterocycles. The summed E-state index contributed by atoms with van der Waals surface area (Å²) in [5.74, 6) is -0.0627. The van der Waals surface area contributed by atoms with Gasteiger partial charge in [-0.1, -0.05) is 32.1 Å². The molecule has 0 spiro atoms. The van der Waals surface area contributed by atoms with Crippen molar-refractivity contribution in [3.8, 4) is 0 Å². The van der Waals surface area contributed by atoms with E-state index >= 15 is 0 Å². The molecule has 1 fully saturated rings. The van der Waals surface area contributed by atoms with Crippen LogP contribution in [-0.4, -0.2) is 26.6 Å². The van der Waals surface area contributed by atoms with E-state index in [2.05, 4.69) is 0 Å². The zero-order valence-corrected chi connectivity index (χ0v) is 10.6. The molecule has 0 aromatic carbocycles. The zero-order valence-electron chi connectivity index (χ0n) is 9.78. The van der Waals surface area contributed by atoms with E-state index < -0.39 is 16.2 Å². The van der Waals surface area contributed by atoms with Crippen LogP contribution in [0.4, 0.5) is 0 Å². The van der Waals surface area contributed by atoms with Crippen molar-refractivity contribution in [1.82, 2.24) is 0 Å². The highest BCUT2D eigenvalue weighted by Gasteiger charge is 2.23. The molecule has 0 heterocycles. The molecular weight excluding hydrogens is 228 g/mol. The fourth-order valence-electron chi connectivity index (χ4n) is 1.97. The number of hydrogen-bond donors (Lipinski definition) is 0. The van der Waals surface area contributed by atoms with E-state index in [0.717, 1.165) is 31.9 Å². The summed E-state index contributed by atoms with van der Waals surface area (Å²) in [5, 5.41) is 0. The monoisotopic (exact) mass is 248 g/mol. The lowest BCUT2D eigenvalue weighted by Gasteiger charge is -2.16. The second-order valence-electron chi connectivity index (χ2n) is 4.42. The van der Waals surface area contributed by atoms with Crippen molar-refractivity contribution in [1.29, 1.82) is 0 Å². The third-order valence-corrected chi connectivity index (χ3v) is 3.37. The van der Waals surface area contributed by atoms with Gasteiger partial charge in [-0.2, -0.15) is 8.42 Å². The molecule has 0 aromatic rings. The molecule has 0 bridgehead atoms. The summed E-state index contributed by atoms with van der Waals surface area (Å²) in [7, 11) is -3.53. The van der Waals surface area contributed by atoms with Gasteiger partial charge >= 0.3 is 0 Å². The third kappa shape index (κ3) is 5.61. The van der Waals surface area contributed by atoms with Crippen molar-refractivity contribution >= 4 is 15.9 Å². The predicted octanol–water partition coefficient (Wildman–Crippen LogP) is 2.03. The Morgan fingerprint density at radius 2 is 1.62 bits per heavy atom. The quantitative estimate of drug-likeness (QED) is 0.702. The summed E-state index contributed by atoms with van der Waals surface area (Å²) in [4.78, 5) is 11.7. The largest absolute Gasteiger partial charge is 0.297 e. The smallest absolute Gasteiger partial charge is 0.265 e. The minimum absolute atomic E-state index is 0.0627. The van der Waals surface area contributed by atoms with Crippen LogP contribution >= 0.6 is 0 Å². The maximum Gasteiger partial charge on any atom is 0.265 e. The Bertz CT molecular complexity index is 321. The molecule has 0 N–H and O–H groups in total. The lowest BCUT2D eigenvalue weighted by molar-refractivity contribution is -0.126. The fraction of sp³-hybridized carbons (Fsp3) is 0.909. The van der Waals surface area contributed by atoms with E-state index in [1.54, 1.807) is 0 Å². The van der Waals surface area contributed by atoms with Crippen molar-refractivity contribution < 1.29 is 17.4 Å². The Morgan fingerprint density at radius 3 is 2.25 bits per heavy atom. The van der Waals surface area contributed by atoms with Crippen LogP contribution < -0.4 is 0 Å². The highest BCUT2D eigenvalue weighted by atomic mass is 32.2. The summed E-state index contributed by atoms with van der Waals surface area (Å²) in [6.45, 7) is 0. The van der Waals surface area contributed by atoms with Gasteiger partial charge < -0.3 is 0 Å². The van der Waals surface area contributed by atoms with Crippen LogP contribution in [0.15, 0.2) is 0 Å². The molecule has 0 amide bonds. The van der Waals surface area contributed by atoms with Gasteiger partial charge in [-0.3, -0.25) is 8.98 Å². The maximum absolute atomic E-state index is 11.7. The minimum Gasteiger partial charge on any atom is -0.297 e. The van der Waals surface area contributed by atoms with Gasteiger partial charge in [0.05, 0.1) is 6.26 Å². The van der Waals surface area contributed by atoms with Gasteiger partial charge in [-0.25, -0.2) is 0 Å². The van der Waals surface area contributed by atoms with E-state index in [-0.39, 0.29) is 5.78 Å². The lowest BCUT2D eigenvalue weighted by atomic mass is 9.98. The highest BCUT2D eigenvalue weighted by Crippen LogP contribution is 2.17. The molecule has 1 saturated carbocycles. The van der Waals surface area contributed by atoms with E-state index in [0.29, 0.717) is 12.8 Å². The molecular formula is C11H20O4S. The molecule has 0 radical (unpaired) electrons. The van der Waals surface area contributed by atoms with Gasteiger partial charge in [0, 0.05) is 6.42 Å². The predicted molar refractivity (Wildman–Crippen MR) is 61.7 cm³/mol. The Morgan fingerprint density at radius 1 is 1.06 bits per heavy atom. The Labute approximate surface area is 97.5 Å². The van der Waals surface area contributed by atoms with Gasteiger partial charge in [0.15, 0.2) is 5.78 Å². The van der Waals surface area contributed by atoms with Gasteiger partial charge in [0.2, 0.25) is 0 Å². The summed E-state index contributed by atoms with van der Waals surface area (Å²) in [5.41, 5.74) is 0. The zero-order chi connectivity index (χ0) is 12.0. The van der Waals surface area contributed by atoms with Crippen molar-refractivity contribution in [3.63, 3.8) is 0 Å². The normalized spacial score (nSPS) is 25.3. The standard InChI is InChI=1S/C11H20O4S/c1-16(13,14)15-11-9-7-5-3-2-4-6-8-10(11)12/h11H,2-9H2,1H3. The Balaban J connectivity index is 2.57. The van der Waals surface area contributed by atoms with E-state index in [1.807, 2.05) is 0 Å². The summed E-state index contributed by atoms with van der Waals surface area (Å²) < 4.78 is 26.9. The van der Waals surface area contributed by atoms with Crippen LogP contribution in [0.1, 0.15) is 51.4 Å². The van der Waals surface area contributed by atoms with Crippen LogP contribution in [0.2, 0.25) is 0 Å². The van der Waals surface area contributed by atoms with E-state index in [1.165, 1.54) is 12.8 Å². The molecule has 16 heavy (non-hydrogen) atoms. The van der Waals surface area contributed by atoms with Crippen molar-refractivity contribution in [2.45, 2.75) is 57.5 Å². The van der Waals surface area contributed by atoms with Crippen molar-refractivity contribution in [2.24, 2.45) is 0 Å². The first kappa shape index (κ1) is 13.6.